The topological polar surface area (TPSA) is 57.2 Å². The summed E-state index contributed by atoms with van der Waals surface area (Å²) in [6.45, 7) is 7.28. The highest BCUT2D eigenvalue weighted by atomic mass is 16.5. The predicted octanol–water partition coefficient (Wildman–Crippen LogP) is 1.74. The highest BCUT2D eigenvalue weighted by molar-refractivity contribution is 5.86. The van der Waals surface area contributed by atoms with Crippen molar-refractivity contribution in [2.75, 3.05) is 41.3 Å². The molecule has 1 rings (SSSR count). The monoisotopic (exact) mass is 332 g/mol. The molecule has 0 bridgehead atoms. The average molecular weight is 332 g/mol. The van der Waals surface area contributed by atoms with Crippen molar-refractivity contribution < 1.29 is 9.53 Å². The fourth-order valence-electron chi connectivity index (χ4n) is 2.00. The average Bonchev–Trinajstić information content (AvgIpc) is 2.54. The zero-order chi connectivity index (χ0) is 18.1. The number of nitrogens with zero attached hydrogens (tertiary/aromatic N) is 3. The number of benzene rings is 1. The third-order valence-electron chi connectivity index (χ3n) is 3.34. The first-order valence-corrected chi connectivity index (χ1v) is 7.80. The van der Waals surface area contributed by atoms with Crippen molar-refractivity contribution in [1.29, 1.82) is 0 Å². The van der Waals surface area contributed by atoms with Gasteiger partial charge in [-0.2, -0.15) is 0 Å². The number of aliphatic imine (C=N–C) groups is 1. The number of rotatable bonds is 7. The van der Waals surface area contributed by atoms with E-state index in [4.69, 9.17) is 4.74 Å². The Morgan fingerprint density at radius 2 is 1.88 bits per heavy atom. The van der Waals surface area contributed by atoms with Crippen molar-refractivity contribution in [1.82, 2.24) is 15.1 Å². The fraction of sp³-hybridized carbons (Fsp3) is 0.444. The predicted molar refractivity (Wildman–Crippen MR) is 98.3 cm³/mol. The molecule has 6 nitrogen and oxygen atoms in total. The minimum atomic E-state index is -0.00382. The Hall–Kier alpha value is -2.50. The lowest BCUT2D eigenvalue weighted by molar-refractivity contribution is -0.127. The van der Waals surface area contributed by atoms with Crippen LogP contribution in [-0.2, 0) is 11.3 Å². The van der Waals surface area contributed by atoms with Crippen molar-refractivity contribution in [2.45, 2.75) is 13.5 Å². The molecule has 0 aliphatic heterocycles. The molecule has 0 aliphatic carbocycles. The summed E-state index contributed by atoms with van der Waals surface area (Å²) in [4.78, 5) is 19.9. The molecule has 1 amide bonds. The van der Waals surface area contributed by atoms with Gasteiger partial charge in [0.2, 0.25) is 5.91 Å². The van der Waals surface area contributed by atoms with E-state index < -0.39 is 0 Å². The maximum absolute atomic E-state index is 11.8. The largest absolute Gasteiger partial charge is 0.497 e. The normalized spacial score (nSPS) is 11.0. The first kappa shape index (κ1) is 19.5. The SMILES string of the molecule is C=C(C)CN(C)C(=NCc1ccc(OC)cc1)NCC(=O)N(C)C. The number of ether oxygens (including phenoxy) is 1. The number of guanidine groups is 1. The van der Waals surface area contributed by atoms with Gasteiger partial charge in [-0.25, -0.2) is 4.99 Å². The molecule has 0 fully saturated rings. The number of hydrogen-bond donors (Lipinski definition) is 1. The van der Waals surface area contributed by atoms with Gasteiger partial charge in [0.05, 0.1) is 20.2 Å². The zero-order valence-electron chi connectivity index (χ0n) is 15.3. The molecule has 24 heavy (non-hydrogen) atoms. The third-order valence-corrected chi connectivity index (χ3v) is 3.34. The van der Waals surface area contributed by atoms with Gasteiger partial charge in [0.25, 0.3) is 0 Å². The summed E-state index contributed by atoms with van der Waals surface area (Å²) in [7, 11) is 7.03. The van der Waals surface area contributed by atoms with Gasteiger partial charge in [-0.05, 0) is 24.6 Å². The summed E-state index contributed by atoms with van der Waals surface area (Å²) in [5, 5.41) is 3.12. The maximum Gasteiger partial charge on any atom is 0.241 e. The molecule has 1 aromatic rings. The molecule has 132 valence electrons. The van der Waals surface area contributed by atoms with Gasteiger partial charge in [-0.1, -0.05) is 24.3 Å². The van der Waals surface area contributed by atoms with Crippen molar-refractivity contribution in [3.63, 3.8) is 0 Å². The summed E-state index contributed by atoms with van der Waals surface area (Å²) in [6, 6.07) is 7.77. The van der Waals surface area contributed by atoms with Crippen LogP contribution in [0, 0.1) is 0 Å². The Kier molecular flexibility index (Phi) is 7.82. The van der Waals surface area contributed by atoms with Crippen LogP contribution < -0.4 is 10.1 Å². The smallest absolute Gasteiger partial charge is 0.241 e. The van der Waals surface area contributed by atoms with Crippen LogP contribution in [0.2, 0.25) is 0 Å². The molecule has 0 unspecified atom stereocenters. The first-order chi connectivity index (χ1) is 11.3. The van der Waals surface area contributed by atoms with Crippen LogP contribution in [0.4, 0.5) is 0 Å². The molecule has 0 aliphatic rings. The molecular formula is C18H28N4O2. The summed E-state index contributed by atoms with van der Waals surface area (Å²) in [6.07, 6.45) is 0. The fourth-order valence-corrected chi connectivity index (χ4v) is 2.00. The summed E-state index contributed by atoms with van der Waals surface area (Å²) in [5.41, 5.74) is 2.09. The lowest BCUT2D eigenvalue weighted by atomic mass is 10.2. The number of methoxy groups -OCH3 is 1. The van der Waals surface area contributed by atoms with Crippen molar-refractivity contribution in [2.24, 2.45) is 4.99 Å². The van der Waals surface area contributed by atoms with E-state index in [9.17, 15) is 4.79 Å². The lowest BCUT2D eigenvalue weighted by Gasteiger charge is -2.23. The van der Waals surface area contributed by atoms with Crippen LogP contribution >= 0.6 is 0 Å². The molecule has 0 spiro atoms. The minimum Gasteiger partial charge on any atom is -0.497 e. The Morgan fingerprint density at radius 3 is 2.38 bits per heavy atom. The second kappa shape index (κ2) is 9.60. The molecule has 1 N–H and O–H groups in total. The van der Waals surface area contributed by atoms with E-state index in [-0.39, 0.29) is 12.5 Å². The quantitative estimate of drug-likeness (QED) is 0.469. The molecule has 0 aromatic heterocycles. The molecule has 0 saturated heterocycles. The van der Waals surface area contributed by atoms with E-state index in [1.54, 1.807) is 26.1 Å². The van der Waals surface area contributed by atoms with Gasteiger partial charge in [-0.15, -0.1) is 0 Å². The molecular weight excluding hydrogens is 304 g/mol. The Bertz CT molecular complexity index is 579. The highest BCUT2D eigenvalue weighted by Gasteiger charge is 2.10. The molecule has 1 aromatic carbocycles. The zero-order valence-corrected chi connectivity index (χ0v) is 15.3. The van der Waals surface area contributed by atoms with Gasteiger partial charge in [0.15, 0.2) is 5.96 Å². The number of carbonyl (C=O) groups excluding carboxylic acids is 1. The Morgan fingerprint density at radius 1 is 1.25 bits per heavy atom. The Labute approximate surface area is 144 Å². The van der Waals surface area contributed by atoms with Crippen molar-refractivity contribution >= 4 is 11.9 Å². The van der Waals surface area contributed by atoms with E-state index in [2.05, 4.69) is 16.9 Å². The lowest BCUT2D eigenvalue weighted by Crippen LogP contribution is -2.44. The van der Waals surface area contributed by atoms with Crippen LogP contribution in [0.25, 0.3) is 0 Å². The first-order valence-electron chi connectivity index (χ1n) is 7.80. The summed E-state index contributed by atoms with van der Waals surface area (Å²) >= 11 is 0. The van der Waals surface area contributed by atoms with E-state index in [0.29, 0.717) is 19.0 Å². The van der Waals surface area contributed by atoms with Crippen LogP contribution in [0.15, 0.2) is 41.4 Å². The number of amides is 1. The van der Waals surface area contributed by atoms with Crippen LogP contribution in [-0.4, -0.2) is 63.0 Å². The molecule has 0 radical (unpaired) electrons. The van der Waals surface area contributed by atoms with E-state index >= 15 is 0 Å². The van der Waals surface area contributed by atoms with Crippen LogP contribution in [0.1, 0.15) is 12.5 Å². The van der Waals surface area contributed by atoms with Gasteiger partial charge >= 0.3 is 0 Å². The van der Waals surface area contributed by atoms with Crippen LogP contribution in [0.3, 0.4) is 0 Å². The van der Waals surface area contributed by atoms with Gasteiger partial charge < -0.3 is 19.9 Å². The van der Waals surface area contributed by atoms with Crippen LogP contribution in [0.5, 0.6) is 5.75 Å². The minimum absolute atomic E-state index is 0.00382. The Balaban J connectivity index is 2.80. The standard InChI is InChI=1S/C18H28N4O2/c1-14(2)13-22(5)18(20-12-17(23)21(3)4)19-11-15-7-9-16(24-6)10-8-15/h7-10H,1,11-13H2,2-6H3,(H,19,20). The highest BCUT2D eigenvalue weighted by Crippen LogP contribution is 2.12. The van der Waals surface area contributed by atoms with Crippen molar-refractivity contribution in [3.05, 3.63) is 42.0 Å². The van der Waals surface area contributed by atoms with Gasteiger partial charge in [0, 0.05) is 27.7 Å². The van der Waals surface area contributed by atoms with Crippen molar-refractivity contribution in [3.8, 4) is 5.75 Å². The second-order valence-electron chi connectivity index (χ2n) is 5.94. The van der Waals surface area contributed by atoms with E-state index in [0.717, 1.165) is 16.9 Å². The molecule has 6 heteroatoms. The van der Waals surface area contributed by atoms with Gasteiger partial charge in [0.1, 0.15) is 5.75 Å². The van der Waals surface area contributed by atoms with Gasteiger partial charge in [-0.3, -0.25) is 4.79 Å². The number of carbonyl (C=O) groups is 1. The summed E-state index contributed by atoms with van der Waals surface area (Å²) < 4.78 is 5.16. The molecule has 0 heterocycles. The summed E-state index contributed by atoms with van der Waals surface area (Å²) in [5.74, 6) is 1.48. The number of nitrogens with one attached hydrogen (secondary N) is 1. The van der Waals surface area contributed by atoms with E-state index in [1.165, 1.54) is 0 Å². The number of likely N-dealkylation sites (N-methyl/N-ethyl adjacent to an activating group) is 2. The molecule has 0 atom stereocenters. The maximum atomic E-state index is 11.8. The second-order valence-corrected chi connectivity index (χ2v) is 5.94. The third kappa shape index (κ3) is 6.73. The van der Waals surface area contributed by atoms with E-state index in [1.807, 2.05) is 43.1 Å². The molecule has 0 saturated carbocycles. The number of hydrogen-bond acceptors (Lipinski definition) is 3.